The van der Waals surface area contributed by atoms with Crippen LogP contribution in [0.25, 0.3) is 0 Å². The fraction of sp³-hybridized carbons (Fsp3) is 0.636. The maximum atomic E-state index is 13.4. The molecule has 0 bridgehead atoms. The molecule has 8 nitrogen and oxygen atoms in total. The SMILES string of the molecule is O=c1c(C=NCCc2cnc[nH]2)c(O)n(C2CCCCC2)c(=O)n1C1CCCCC1. The number of nitrogens with zero attached hydrogens (tertiary/aromatic N) is 4. The summed E-state index contributed by atoms with van der Waals surface area (Å²) in [4.78, 5) is 38.0. The van der Waals surface area contributed by atoms with Crippen LogP contribution in [0, 0.1) is 0 Å². The number of nitrogens with one attached hydrogen (secondary N) is 1. The van der Waals surface area contributed by atoms with Gasteiger partial charge in [-0.2, -0.15) is 0 Å². The van der Waals surface area contributed by atoms with Crippen LogP contribution in [-0.4, -0.2) is 37.0 Å². The predicted octanol–water partition coefficient (Wildman–Crippen LogP) is 3.11. The minimum Gasteiger partial charge on any atom is -0.494 e. The van der Waals surface area contributed by atoms with Gasteiger partial charge in [-0.3, -0.25) is 18.9 Å². The van der Waals surface area contributed by atoms with Crippen LogP contribution in [0.4, 0.5) is 0 Å². The number of hydrogen-bond acceptors (Lipinski definition) is 5. The van der Waals surface area contributed by atoms with Gasteiger partial charge in [0.25, 0.3) is 5.56 Å². The largest absolute Gasteiger partial charge is 0.494 e. The summed E-state index contributed by atoms with van der Waals surface area (Å²) in [5.41, 5.74) is 0.325. The van der Waals surface area contributed by atoms with Crippen molar-refractivity contribution in [2.75, 3.05) is 6.54 Å². The second-order valence-electron chi connectivity index (χ2n) is 8.51. The van der Waals surface area contributed by atoms with Gasteiger partial charge in [-0.05, 0) is 25.7 Å². The van der Waals surface area contributed by atoms with E-state index in [1.54, 1.807) is 12.5 Å². The summed E-state index contributed by atoms with van der Waals surface area (Å²) in [6, 6.07) is -0.148. The first-order valence-electron chi connectivity index (χ1n) is 11.2. The highest BCUT2D eigenvalue weighted by Crippen LogP contribution is 2.31. The minimum atomic E-state index is -0.415. The number of aromatic nitrogens is 4. The lowest BCUT2D eigenvalue weighted by molar-refractivity contribution is 0.271. The number of imidazole rings is 1. The van der Waals surface area contributed by atoms with E-state index in [0.717, 1.165) is 69.9 Å². The summed E-state index contributed by atoms with van der Waals surface area (Å²) >= 11 is 0. The minimum absolute atomic E-state index is 0.0566. The van der Waals surface area contributed by atoms with Crippen molar-refractivity contribution in [2.24, 2.45) is 4.99 Å². The molecule has 2 aromatic rings. The molecule has 0 aliphatic heterocycles. The molecule has 4 rings (SSSR count). The van der Waals surface area contributed by atoms with Crippen molar-refractivity contribution in [1.29, 1.82) is 0 Å². The molecule has 0 amide bonds. The van der Waals surface area contributed by atoms with Crippen molar-refractivity contribution in [2.45, 2.75) is 82.7 Å². The molecule has 0 saturated heterocycles. The van der Waals surface area contributed by atoms with Crippen molar-refractivity contribution in [3.63, 3.8) is 0 Å². The second-order valence-corrected chi connectivity index (χ2v) is 8.51. The number of aromatic hydroxyl groups is 1. The molecule has 2 aromatic heterocycles. The van der Waals surface area contributed by atoms with E-state index in [1.165, 1.54) is 15.3 Å². The highest BCUT2D eigenvalue weighted by molar-refractivity contribution is 5.82. The molecule has 2 fully saturated rings. The third-order valence-electron chi connectivity index (χ3n) is 6.50. The molecule has 30 heavy (non-hydrogen) atoms. The molecule has 0 atom stereocenters. The highest BCUT2D eigenvalue weighted by atomic mass is 16.3. The second kappa shape index (κ2) is 9.45. The molecular formula is C22H31N5O3. The van der Waals surface area contributed by atoms with Gasteiger partial charge in [-0.15, -0.1) is 0 Å². The Morgan fingerprint density at radius 1 is 1.03 bits per heavy atom. The molecule has 8 heteroatoms. The van der Waals surface area contributed by atoms with Crippen molar-refractivity contribution in [3.8, 4) is 5.88 Å². The first-order valence-corrected chi connectivity index (χ1v) is 11.2. The van der Waals surface area contributed by atoms with Gasteiger partial charge in [0.2, 0.25) is 5.88 Å². The number of rotatable bonds is 6. The van der Waals surface area contributed by atoms with Gasteiger partial charge in [0, 0.05) is 43.2 Å². The van der Waals surface area contributed by atoms with Gasteiger partial charge in [-0.1, -0.05) is 38.5 Å². The lowest BCUT2D eigenvalue weighted by Gasteiger charge is -2.29. The van der Waals surface area contributed by atoms with E-state index in [2.05, 4.69) is 15.0 Å². The van der Waals surface area contributed by atoms with Crippen LogP contribution in [0.2, 0.25) is 0 Å². The van der Waals surface area contributed by atoms with E-state index in [9.17, 15) is 14.7 Å². The number of H-pyrrole nitrogens is 1. The van der Waals surface area contributed by atoms with Gasteiger partial charge in [0.05, 0.1) is 6.33 Å². The van der Waals surface area contributed by atoms with Crippen LogP contribution in [0.15, 0.2) is 27.1 Å². The zero-order chi connectivity index (χ0) is 20.9. The van der Waals surface area contributed by atoms with Crippen LogP contribution in [-0.2, 0) is 6.42 Å². The fourth-order valence-corrected chi connectivity index (χ4v) is 4.85. The van der Waals surface area contributed by atoms with Gasteiger partial charge in [-0.25, -0.2) is 9.78 Å². The van der Waals surface area contributed by atoms with Crippen molar-refractivity contribution < 1.29 is 5.11 Å². The Morgan fingerprint density at radius 3 is 2.27 bits per heavy atom. The Morgan fingerprint density at radius 2 is 1.67 bits per heavy atom. The summed E-state index contributed by atoms with van der Waals surface area (Å²) in [6.07, 6.45) is 15.3. The van der Waals surface area contributed by atoms with Crippen LogP contribution in [0.1, 0.15) is 87.5 Å². The Kier molecular flexibility index (Phi) is 6.50. The molecule has 2 N–H and O–H groups in total. The first-order chi connectivity index (χ1) is 14.7. The topological polar surface area (TPSA) is 105 Å². The average Bonchev–Trinajstić information content (AvgIpc) is 3.28. The van der Waals surface area contributed by atoms with E-state index in [-0.39, 0.29) is 29.2 Å². The first kappa shape index (κ1) is 20.6. The Labute approximate surface area is 175 Å². The normalized spacial score (nSPS) is 18.9. The van der Waals surface area contributed by atoms with E-state index in [4.69, 9.17) is 0 Å². The summed E-state index contributed by atoms with van der Waals surface area (Å²) in [6.45, 7) is 0.465. The maximum absolute atomic E-state index is 13.4. The lowest BCUT2D eigenvalue weighted by atomic mass is 9.94. The average molecular weight is 414 g/mol. The Balaban J connectivity index is 1.71. The third-order valence-corrected chi connectivity index (χ3v) is 6.50. The van der Waals surface area contributed by atoms with Crippen LogP contribution < -0.4 is 11.2 Å². The zero-order valence-corrected chi connectivity index (χ0v) is 17.4. The molecule has 162 valence electrons. The van der Waals surface area contributed by atoms with Gasteiger partial charge < -0.3 is 10.1 Å². The molecule has 2 aliphatic carbocycles. The molecular weight excluding hydrogens is 382 g/mol. The molecule has 2 saturated carbocycles. The van der Waals surface area contributed by atoms with Crippen molar-refractivity contribution >= 4 is 6.21 Å². The fourth-order valence-electron chi connectivity index (χ4n) is 4.85. The van der Waals surface area contributed by atoms with E-state index >= 15 is 0 Å². The van der Waals surface area contributed by atoms with E-state index in [0.29, 0.717) is 13.0 Å². The van der Waals surface area contributed by atoms with E-state index < -0.39 is 5.56 Å². The lowest BCUT2D eigenvalue weighted by Crippen LogP contribution is -2.45. The van der Waals surface area contributed by atoms with Gasteiger partial charge in [0.15, 0.2) is 0 Å². The molecule has 2 heterocycles. The summed E-state index contributed by atoms with van der Waals surface area (Å²) in [5.74, 6) is -0.228. The van der Waals surface area contributed by atoms with E-state index in [1.807, 2.05) is 0 Å². The number of hydrogen-bond donors (Lipinski definition) is 2. The highest BCUT2D eigenvalue weighted by Gasteiger charge is 2.28. The summed E-state index contributed by atoms with van der Waals surface area (Å²) in [7, 11) is 0. The molecule has 0 unspecified atom stereocenters. The quantitative estimate of drug-likeness (QED) is 0.710. The zero-order valence-electron chi connectivity index (χ0n) is 17.4. The van der Waals surface area contributed by atoms with Gasteiger partial charge in [0.1, 0.15) is 5.56 Å². The molecule has 0 spiro atoms. The summed E-state index contributed by atoms with van der Waals surface area (Å²) < 4.78 is 2.88. The van der Waals surface area contributed by atoms with Crippen molar-refractivity contribution in [3.05, 3.63) is 44.6 Å². The maximum Gasteiger partial charge on any atom is 0.334 e. The predicted molar refractivity (Wildman–Crippen MR) is 116 cm³/mol. The van der Waals surface area contributed by atoms with Crippen LogP contribution in [0.5, 0.6) is 5.88 Å². The Hall–Kier alpha value is -2.64. The Bertz CT molecular complexity index is 977. The van der Waals surface area contributed by atoms with Crippen LogP contribution >= 0.6 is 0 Å². The molecule has 2 aliphatic rings. The molecule has 0 aromatic carbocycles. The van der Waals surface area contributed by atoms with Gasteiger partial charge >= 0.3 is 5.69 Å². The van der Waals surface area contributed by atoms with Crippen LogP contribution in [0.3, 0.4) is 0 Å². The van der Waals surface area contributed by atoms with Crippen molar-refractivity contribution in [1.82, 2.24) is 19.1 Å². The summed E-state index contributed by atoms with van der Waals surface area (Å²) in [5, 5.41) is 11.0. The molecule has 0 radical (unpaired) electrons. The standard InChI is InChI=1S/C22H31N5O3/c28-20-19(14-23-12-11-16-13-24-15-25-16)21(29)27(18-9-5-2-6-10-18)22(30)26(20)17-7-3-1-4-8-17/h13-15,17-18,28H,1-12H2,(H,24,25). The smallest absolute Gasteiger partial charge is 0.334 e. The third kappa shape index (κ3) is 4.27. The number of aliphatic imine (C=N–C) groups is 1. The number of aromatic amines is 1. The monoisotopic (exact) mass is 413 g/mol.